The Labute approximate surface area is 107 Å². The first-order chi connectivity index (χ1) is 8.38. The van der Waals surface area contributed by atoms with E-state index in [0.717, 1.165) is 5.57 Å². The number of aliphatic carboxylic acids is 1. The molecule has 18 heavy (non-hydrogen) atoms. The molecule has 100 valence electrons. The summed E-state index contributed by atoms with van der Waals surface area (Å²) in [6, 6.07) is 0. The van der Waals surface area contributed by atoms with Crippen LogP contribution in [0.25, 0.3) is 0 Å². The summed E-state index contributed by atoms with van der Waals surface area (Å²) in [4.78, 5) is 27.4. The molecule has 0 fully saturated rings. The summed E-state index contributed by atoms with van der Waals surface area (Å²) in [6.45, 7) is 7.39. The van der Waals surface area contributed by atoms with E-state index < -0.39 is 17.5 Å². The molecular formula is C13H19NO4. The van der Waals surface area contributed by atoms with Gasteiger partial charge in [0.15, 0.2) is 0 Å². The average Bonchev–Trinajstić information content (AvgIpc) is 2.51. The van der Waals surface area contributed by atoms with Crippen LogP contribution in [0.3, 0.4) is 0 Å². The van der Waals surface area contributed by atoms with Gasteiger partial charge in [-0.15, -0.1) is 0 Å². The first kappa shape index (κ1) is 14.4. The lowest BCUT2D eigenvalue weighted by Gasteiger charge is -2.25. The van der Waals surface area contributed by atoms with Crippen LogP contribution in [0.1, 0.15) is 40.5 Å². The van der Waals surface area contributed by atoms with E-state index >= 15 is 0 Å². The Balaban J connectivity index is 3.24. The lowest BCUT2D eigenvalue weighted by atomic mass is 9.84. The van der Waals surface area contributed by atoms with Crippen LogP contribution in [0.4, 0.5) is 0 Å². The molecule has 0 aromatic heterocycles. The minimum atomic E-state index is -0.968. The minimum Gasteiger partial charge on any atom is -0.481 e. The number of esters is 1. The Hall–Kier alpha value is -1.65. The maximum Gasteiger partial charge on any atom is 0.336 e. The molecule has 5 nitrogen and oxygen atoms in total. The van der Waals surface area contributed by atoms with E-state index in [1.807, 2.05) is 6.92 Å². The molecule has 0 bridgehead atoms. The normalized spacial score (nSPS) is 23.0. The van der Waals surface area contributed by atoms with Gasteiger partial charge in [-0.25, -0.2) is 4.79 Å². The Kier molecular flexibility index (Phi) is 4.27. The lowest BCUT2D eigenvalue weighted by Crippen LogP contribution is -2.34. The highest BCUT2D eigenvalue weighted by molar-refractivity contribution is 6.10. The fourth-order valence-electron chi connectivity index (χ4n) is 2.30. The smallest absolute Gasteiger partial charge is 0.336 e. The van der Waals surface area contributed by atoms with E-state index in [2.05, 4.69) is 4.99 Å². The monoisotopic (exact) mass is 253 g/mol. The van der Waals surface area contributed by atoms with E-state index in [4.69, 9.17) is 9.84 Å². The van der Waals surface area contributed by atoms with Crippen LogP contribution in [0.5, 0.6) is 0 Å². The van der Waals surface area contributed by atoms with E-state index in [9.17, 15) is 9.59 Å². The summed E-state index contributed by atoms with van der Waals surface area (Å²) >= 11 is 0. The largest absolute Gasteiger partial charge is 0.481 e. The Morgan fingerprint density at radius 3 is 2.39 bits per heavy atom. The van der Waals surface area contributed by atoms with Crippen LogP contribution >= 0.6 is 0 Å². The second kappa shape index (κ2) is 5.33. The highest BCUT2D eigenvalue weighted by Gasteiger charge is 2.44. The highest BCUT2D eigenvalue weighted by Crippen LogP contribution is 2.38. The number of carbonyl (C=O) groups is 2. The van der Waals surface area contributed by atoms with Crippen molar-refractivity contribution in [2.24, 2.45) is 4.99 Å². The molecule has 1 aliphatic rings. The van der Waals surface area contributed by atoms with Gasteiger partial charge in [0.2, 0.25) is 0 Å². The molecule has 0 saturated carbocycles. The van der Waals surface area contributed by atoms with Crippen molar-refractivity contribution in [1.29, 1.82) is 0 Å². The molecule has 0 spiro atoms. The standard InChI is InChI=1S/C13H19NO4/c1-5-13(7-10(15)16)11(12(17)18-6-2)8(3)9(4)14-13/h5-7H2,1-4H3,(H,15,16). The molecule has 0 amide bonds. The maximum atomic E-state index is 12.0. The van der Waals surface area contributed by atoms with E-state index in [-0.39, 0.29) is 13.0 Å². The molecule has 0 aromatic rings. The van der Waals surface area contributed by atoms with E-state index in [1.165, 1.54) is 0 Å². The molecule has 1 heterocycles. The first-order valence-electron chi connectivity index (χ1n) is 6.05. The van der Waals surface area contributed by atoms with Gasteiger partial charge in [-0.2, -0.15) is 0 Å². The number of nitrogens with zero attached hydrogens (tertiary/aromatic N) is 1. The number of carboxylic acid groups (broad SMARTS) is 1. The third kappa shape index (κ3) is 2.44. The summed E-state index contributed by atoms with van der Waals surface area (Å²) in [5.74, 6) is -1.43. The van der Waals surface area contributed by atoms with Crippen LogP contribution < -0.4 is 0 Å². The van der Waals surface area contributed by atoms with E-state index in [0.29, 0.717) is 17.7 Å². The number of aliphatic imine (C=N–C) groups is 1. The third-order valence-corrected chi connectivity index (χ3v) is 3.27. The minimum absolute atomic E-state index is 0.188. The Bertz CT molecular complexity index is 436. The van der Waals surface area contributed by atoms with Gasteiger partial charge in [-0.1, -0.05) is 6.92 Å². The molecule has 1 unspecified atom stereocenters. The fourth-order valence-corrected chi connectivity index (χ4v) is 2.30. The average molecular weight is 253 g/mol. The lowest BCUT2D eigenvalue weighted by molar-refractivity contribution is -0.140. The van der Waals surface area contributed by atoms with Crippen LogP contribution in [-0.4, -0.2) is 34.9 Å². The number of rotatable bonds is 5. The Morgan fingerprint density at radius 1 is 1.33 bits per heavy atom. The van der Waals surface area contributed by atoms with Crippen molar-refractivity contribution < 1.29 is 19.4 Å². The van der Waals surface area contributed by atoms with Crippen molar-refractivity contribution in [2.75, 3.05) is 6.61 Å². The van der Waals surface area contributed by atoms with Crippen LogP contribution in [0.15, 0.2) is 16.1 Å². The summed E-state index contributed by atoms with van der Waals surface area (Å²) in [5, 5.41) is 9.03. The van der Waals surface area contributed by atoms with Gasteiger partial charge in [0, 0.05) is 5.71 Å². The molecule has 0 aromatic carbocycles. The second-order valence-corrected chi connectivity index (χ2v) is 4.37. The van der Waals surface area contributed by atoms with E-state index in [1.54, 1.807) is 20.8 Å². The summed E-state index contributed by atoms with van der Waals surface area (Å²) in [7, 11) is 0. The van der Waals surface area contributed by atoms with Gasteiger partial charge in [-0.05, 0) is 32.8 Å². The fraction of sp³-hybridized carbons (Fsp3) is 0.615. The van der Waals surface area contributed by atoms with Gasteiger partial charge in [-0.3, -0.25) is 9.79 Å². The number of carbonyl (C=O) groups excluding carboxylic acids is 1. The third-order valence-electron chi connectivity index (χ3n) is 3.27. The van der Waals surface area contributed by atoms with Gasteiger partial charge in [0.05, 0.1) is 18.6 Å². The van der Waals surface area contributed by atoms with Crippen molar-refractivity contribution in [3.05, 3.63) is 11.1 Å². The summed E-state index contributed by atoms with van der Waals surface area (Å²) in [5.41, 5.74) is 0.871. The molecule has 0 aliphatic carbocycles. The molecule has 0 saturated heterocycles. The van der Waals surface area contributed by atoms with Crippen molar-refractivity contribution in [2.45, 2.75) is 46.1 Å². The summed E-state index contributed by atoms with van der Waals surface area (Å²) in [6.07, 6.45) is 0.272. The predicted octanol–water partition coefficient (Wildman–Crippen LogP) is 1.96. The van der Waals surface area contributed by atoms with Crippen molar-refractivity contribution in [3.63, 3.8) is 0 Å². The maximum absolute atomic E-state index is 12.0. The SMILES string of the molecule is CCOC(=O)C1=C(C)C(C)=NC1(CC)CC(=O)O. The first-order valence-corrected chi connectivity index (χ1v) is 6.05. The molecule has 1 rings (SSSR count). The quantitative estimate of drug-likeness (QED) is 0.760. The number of hydrogen-bond acceptors (Lipinski definition) is 4. The molecule has 0 radical (unpaired) electrons. The predicted molar refractivity (Wildman–Crippen MR) is 67.7 cm³/mol. The van der Waals surface area contributed by atoms with Crippen LogP contribution in [0.2, 0.25) is 0 Å². The van der Waals surface area contributed by atoms with Crippen molar-refractivity contribution in [1.82, 2.24) is 0 Å². The molecule has 5 heteroatoms. The second-order valence-electron chi connectivity index (χ2n) is 4.37. The van der Waals surface area contributed by atoms with Crippen molar-refractivity contribution >= 4 is 17.7 Å². The zero-order valence-corrected chi connectivity index (χ0v) is 11.2. The van der Waals surface area contributed by atoms with Gasteiger partial charge in [0.1, 0.15) is 5.54 Å². The number of hydrogen-bond donors (Lipinski definition) is 1. The van der Waals surface area contributed by atoms with Crippen LogP contribution in [-0.2, 0) is 14.3 Å². The highest BCUT2D eigenvalue weighted by atomic mass is 16.5. The molecule has 1 aliphatic heterocycles. The molecule has 1 N–H and O–H groups in total. The van der Waals surface area contributed by atoms with Gasteiger partial charge in [0.25, 0.3) is 0 Å². The van der Waals surface area contributed by atoms with Gasteiger partial charge < -0.3 is 9.84 Å². The Morgan fingerprint density at radius 2 is 1.94 bits per heavy atom. The zero-order chi connectivity index (χ0) is 13.9. The molecular weight excluding hydrogens is 234 g/mol. The van der Waals surface area contributed by atoms with Crippen molar-refractivity contribution in [3.8, 4) is 0 Å². The molecule has 1 atom stereocenters. The number of carboxylic acids is 1. The van der Waals surface area contributed by atoms with Crippen LogP contribution in [0, 0.1) is 0 Å². The van der Waals surface area contributed by atoms with Gasteiger partial charge >= 0.3 is 11.9 Å². The topological polar surface area (TPSA) is 76.0 Å². The number of allylic oxidation sites excluding steroid dienone is 1. The number of ether oxygens (including phenoxy) is 1. The summed E-state index contributed by atoms with van der Waals surface area (Å²) < 4.78 is 5.02. The zero-order valence-electron chi connectivity index (χ0n) is 11.2.